The summed E-state index contributed by atoms with van der Waals surface area (Å²) in [5, 5.41) is 10.3. The maximum Gasteiger partial charge on any atom is 0.0716 e. The highest BCUT2D eigenvalue weighted by molar-refractivity contribution is 9.10. The summed E-state index contributed by atoms with van der Waals surface area (Å²) in [5.41, 5.74) is 2.47. The molecule has 5 heteroatoms. The van der Waals surface area contributed by atoms with E-state index >= 15 is 0 Å². The van der Waals surface area contributed by atoms with Crippen LogP contribution in [0.4, 0.5) is 0 Å². The number of thiophene rings is 1. The predicted octanol–water partition coefficient (Wildman–Crippen LogP) is 3.90. The molecule has 0 radical (unpaired) electrons. The van der Waals surface area contributed by atoms with Gasteiger partial charge in [0.05, 0.1) is 11.7 Å². The molecule has 0 aliphatic heterocycles. The largest absolute Gasteiger partial charge is 0.305 e. The van der Waals surface area contributed by atoms with Crippen molar-refractivity contribution in [2.75, 3.05) is 6.54 Å². The van der Waals surface area contributed by atoms with Crippen molar-refractivity contribution in [2.45, 2.75) is 32.7 Å². The Bertz CT molecular complexity index is 533. The summed E-state index contributed by atoms with van der Waals surface area (Å²) in [6, 6.07) is 2.35. The third-order valence-electron chi connectivity index (χ3n) is 3.09. The van der Waals surface area contributed by atoms with Crippen LogP contribution in [0.5, 0.6) is 0 Å². The van der Waals surface area contributed by atoms with E-state index in [-0.39, 0.29) is 6.04 Å². The van der Waals surface area contributed by atoms with Crippen molar-refractivity contribution in [1.82, 2.24) is 15.1 Å². The molecule has 0 spiro atoms. The van der Waals surface area contributed by atoms with Gasteiger partial charge in [-0.3, -0.25) is 4.68 Å². The van der Waals surface area contributed by atoms with Gasteiger partial charge < -0.3 is 5.32 Å². The van der Waals surface area contributed by atoms with E-state index in [0.717, 1.165) is 19.4 Å². The zero-order valence-electron chi connectivity index (χ0n) is 11.6. The monoisotopic (exact) mass is 341 g/mol. The fraction of sp³-hybridized carbons (Fsp3) is 0.500. The molecule has 0 aliphatic rings. The molecule has 2 rings (SSSR count). The topological polar surface area (TPSA) is 29.9 Å². The highest BCUT2D eigenvalue weighted by Crippen LogP contribution is 2.34. The van der Waals surface area contributed by atoms with Gasteiger partial charge in [-0.1, -0.05) is 13.8 Å². The summed E-state index contributed by atoms with van der Waals surface area (Å²) in [5.74, 6) is 0. The van der Waals surface area contributed by atoms with E-state index in [1.165, 1.54) is 20.6 Å². The molecule has 104 valence electrons. The summed E-state index contributed by atoms with van der Waals surface area (Å²) in [7, 11) is 1.99. The van der Waals surface area contributed by atoms with Crippen LogP contribution in [0.2, 0.25) is 0 Å². The highest BCUT2D eigenvalue weighted by Gasteiger charge is 2.22. The molecule has 2 aromatic rings. The third-order valence-corrected chi connectivity index (χ3v) is 5.02. The number of hydrogen-bond acceptors (Lipinski definition) is 3. The van der Waals surface area contributed by atoms with Crippen LogP contribution in [-0.2, 0) is 13.5 Å². The van der Waals surface area contributed by atoms with Crippen molar-refractivity contribution in [3.8, 4) is 0 Å². The molecule has 0 bridgehead atoms. The fourth-order valence-corrected chi connectivity index (χ4v) is 3.91. The van der Waals surface area contributed by atoms with Crippen LogP contribution < -0.4 is 5.32 Å². The molecule has 19 heavy (non-hydrogen) atoms. The molecule has 1 atom stereocenters. The normalized spacial score (nSPS) is 12.8. The van der Waals surface area contributed by atoms with E-state index in [9.17, 15) is 0 Å². The molecule has 2 heterocycles. The van der Waals surface area contributed by atoms with Gasteiger partial charge in [-0.25, -0.2) is 0 Å². The average molecular weight is 342 g/mol. The first-order valence-electron chi connectivity index (χ1n) is 6.66. The Hall–Kier alpha value is -0.650. The van der Waals surface area contributed by atoms with Crippen molar-refractivity contribution in [2.24, 2.45) is 7.05 Å². The zero-order chi connectivity index (χ0) is 13.8. The Kier molecular flexibility index (Phi) is 5.19. The molecule has 0 fully saturated rings. The molecule has 0 saturated carbocycles. The molecule has 0 saturated heterocycles. The number of aromatic nitrogens is 2. The summed E-state index contributed by atoms with van der Waals surface area (Å²) >= 11 is 5.44. The van der Waals surface area contributed by atoms with Crippen molar-refractivity contribution < 1.29 is 0 Å². The van der Waals surface area contributed by atoms with Gasteiger partial charge in [0, 0.05) is 28.2 Å². The van der Waals surface area contributed by atoms with Crippen LogP contribution >= 0.6 is 27.3 Å². The molecule has 0 aromatic carbocycles. The Morgan fingerprint density at radius 3 is 2.84 bits per heavy atom. The minimum Gasteiger partial charge on any atom is -0.305 e. The average Bonchev–Trinajstić information content (AvgIpc) is 2.97. The van der Waals surface area contributed by atoms with Crippen LogP contribution in [0.3, 0.4) is 0 Å². The van der Waals surface area contributed by atoms with E-state index in [0.29, 0.717) is 0 Å². The SMILES string of the molecule is CCCNC(c1cn(C)nc1CC)c1sccc1Br. The molecule has 1 N–H and O–H groups in total. The van der Waals surface area contributed by atoms with Crippen LogP contribution in [0, 0.1) is 0 Å². The van der Waals surface area contributed by atoms with Gasteiger partial charge in [0.2, 0.25) is 0 Å². The van der Waals surface area contributed by atoms with E-state index in [2.05, 4.69) is 57.8 Å². The van der Waals surface area contributed by atoms with Gasteiger partial charge >= 0.3 is 0 Å². The number of hydrogen-bond donors (Lipinski definition) is 1. The van der Waals surface area contributed by atoms with Crippen LogP contribution in [0.15, 0.2) is 22.1 Å². The highest BCUT2D eigenvalue weighted by atomic mass is 79.9. The third kappa shape index (κ3) is 3.27. The summed E-state index contributed by atoms with van der Waals surface area (Å²) in [6.07, 6.45) is 4.23. The predicted molar refractivity (Wildman–Crippen MR) is 84.7 cm³/mol. The molecular formula is C14H20BrN3S. The van der Waals surface area contributed by atoms with Crippen molar-refractivity contribution in [3.05, 3.63) is 38.3 Å². The van der Waals surface area contributed by atoms with Crippen LogP contribution in [0.25, 0.3) is 0 Å². The molecule has 2 aromatic heterocycles. The number of halogens is 1. The quantitative estimate of drug-likeness (QED) is 0.863. The number of rotatable bonds is 6. The first-order chi connectivity index (χ1) is 9.17. The first kappa shape index (κ1) is 14.8. The van der Waals surface area contributed by atoms with E-state index in [1.807, 2.05) is 11.7 Å². The lowest BCUT2D eigenvalue weighted by molar-refractivity contribution is 0.600. The minimum atomic E-state index is 0.234. The molecule has 1 unspecified atom stereocenters. The molecule has 0 amide bonds. The Morgan fingerprint density at radius 1 is 1.47 bits per heavy atom. The maximum absolute atomic E-state index is 4.56. The Labute approximate surface area is 127 Å². The summed E-state index contributed by atoms with van der Waals surface area (Å²) < 4.78 is 3.09. The van der Waals surface area contributed by atoms with E-state index in [4.69, 9.17) is 0 Å². The van der Waals surface area contributed by atoms with Crippen LogP contribution in [-0.4, -0.2) is 16.3 Å². The second-order valence-corrected chi connectivity index (χ2v) is 6.38. The number of nitrogens with zero attached hydrogens (tertiary/aromatic N) is 2. The standard InChI is InChI=1S/C14H20BrN3S/c1-4-7-16-13(14-11(15)6-8-19-14)10-9-18(3)17-12(10)5-2/h6,8-9,13,16H,4-5,7H2,1-3H3. The van der Waals surface area contributed by atoms with Gasteiger partial charge in [-0.05, 0) is 46.8 Å². The summed E-state index contributed by atoms with van der Waals surface area (Å²) in [6.45, 7) is 5.36. The lowest BCUT2D eigenvalue weighted by Crippen LogP contribution is -2.23. The second-order valence-electron chi connectivity index (χ2n) is 4.58. The molecule has 3 nitrogen and oxygen atoms in total. The Balaban J connectivity index is 2.39. The maximum atomic E-state index is 4.56. The van der Waals surface area contributed by atoms with Crippen molar-refractivity contribution in [3.63, 3.8) is 0 Å². The van der Waals surface area contributed by atoms with E-state index < -0.39 is 0 Å². The number of nitrogens with one attached hydrogen (secondary N) is 1. The van der Waals surface area contributed by atoms with Gasteiger partial charge in [0.1, 0.15) is 0 Å². The fourth-order valence-electron chi connectivity index (χ4n) is 2.21. The lowest BCUT2D eigenvalue weighted by atomic mass is 10.0. The number of aryl methyl sites for hydroxylation is 2. The second kappa shape index (κ2) is 6.68. The van der Waals surface area contributed by atoms with Crippen molar-refractivity contribution >= 4 is 27.3 Å². The van der Waals surface area contributed by atoms with Gasteiger partial charge in [0.25, 0.3) is 0 Å². The zero-order valence-corrected chi connectivity index (χ0v) is 14.0. The van der Waals surface area contributed by atoms with Gasteiger partial charge in [-0.2, -0.15) is 5.10 Å². The Morgan fingerprint density at radius 2 is 2.26 bits per heavy atom. The lowest BCUT2D eigenvalue weighted by Gasteiger charge is -2.18. The molecule has 0 aliphatic carbocycles. The van der Waals surface area contributed by atoms with Crippen LogP contribution in [0.1, 0.15) is 42.4 Å². The summed E-state index contributed by atoms with van der Waals surface area (Å²) in [4.78, 5) is 1.33. The molecular weight excluding hydrogens is 322 g/mol. The van der Waals surface area contributed by atoms with E-state index in [1.54, 1.807) is 11.3 Å². The first-order valence-corrected chi connectivity index (χ1v) is 8.33. The van der Waals surface area contributed by atoms with Gasteiger partial charge in [-0.15, -0.1) is 11.3 Å². The van der Waals surface area contributed by atoms with Gasteiger partial charge in [0.15, 0.2) is 0 Å². The smallest absolute Gasteiger partial charge is 0.0716 e. The van der Waals surface area contributed by atoms with Crippen molar-refractivity contribution in [1.29, 1.82) is 0 Å². The minimum absolute atomic E-state index is 0.234.